The Balaban J connectivity index is 2.01. The smallest absolute Gasteiger partial charge is 0.221 e. The average molecular weight is 409 g/mol. The number of nitriles is 1. The van der Waals surface area contributed by atoms with E-state index in [0.717, 1.165) is 5.69 Å². The molecule has 0 aromatic heterocycles. The molecule has 0 aliphatic carbocycles. The Kier molecular flexibility index (Phi) is 7.04. The van der Waals surface area contributed by atoms with Crippen molar-refractivity contribution < 1.29 is 9.53 Å². The Labute approximate surface area is 166 Å². The minimum atomic E-state index is -0.152. The SMILES string of the molecule is CC(=O)Nc1ccc(NC(=S)Nc2cc(Cl)c(OCC#N)c(Cl)c2)cc1. The summed E-state index contributed by atoms with van der Waals surface area (Å²) in [5, 5.41) is 18.1. The molecule has 0 saturated heterocycles. The first kappa shape index (κ1) is 19.8. The summed E-state index contributed by atoms with van der Waals surface area (Å²) in [4.78, 5) is 11.0. The Bertz CT molecular complexity index is 843. The summed E-state index contributed by atoms with van der Waals surface area (Å²) in [6, 6.07) is 12.1. The third kappa shape index (κ3) is 5.77. The van der Waals surface area contributed by atoms with Crippen molar-refractivity contribution in [3.63, 3.8) is 0 Å². The molecule has 26 heavy (non-hydrogen) atoms. The molecule has 134 valence electrons. The number of ether oxygens (including phenoxy) is 1. The summed E-state index contributed by atoms with van der Waals surface area (Å²) in [5.74, 6) is 0.103. The number of hydrogen-bond donors (Lipinski definition) is 3. The average Bonchev–Trinajstić information content (AvgIpc) is 2.55. The molecular weight excluding hydrogens is 395 g/mol. The minimum Gasteiger partial charge on any atom is -0.476 e. The molecule has 0 fully saturated rings. The van der Waals surface area contributed by atoms with Crippen molar-refractivity contribution in [1.82, 2.24) is 0 Å². The summed E-state index contributed by atoms with van der Waals surface area (Å²) in [7, 11) is 0. The maximum absolute atomic E-state index is 11.0. The van der Waals surface area contributed by atoms with Crippen LogP contribution in [0.5, 0.6) is 5.75 Å². The van der Waals surface area contributed by atoms with Gasteiger partial charge in [-0.2, -0.15) is 5.26 Å². The molecule has 2 rings (SSSR count). The molecule has 0 aliphatic rings. The number of benzene rings is 2. The fourth-order valence-corrected chi connectivity index (χ4v) is 2.84. The lowest BCUT2D eigenvalue weighted by molar-refractivity contribution is -0.114. The second-order valence-electron chi connectivity index (χ2n) is 5.05. The highest BCUT2D eigenvalue weighted by molar-refractivity contribution is 7.80. The summed E-state index contributed by atoms with van der Waals surface area (Å²) in [6.07, 6.45) is 0. The first-order valence-corrected chi connectivity index (χ1v) is 8.50. The van der Waals surface area contributed by atoms with E-state index in [0.29, 0.717) is 16.5 Å². The van der Waals surface area contributed by atoms with Gasteiger partial charge in [0.1, 0.15) is 6.07 Å². The zero-order valence-corrected chi connectivity index (χ0v) is 15.9. The van der Waals surface area contributed by atoms with Crippen molar-refractivity contribution in [2.45, 2.75) is 6.92 Å². The van der Waals surface area contributed by atoms with Crippen molar-refractivity contribution in [2.24, 2.45) is 0 Å². The highest BCUT2D eigenvalue weighted by Gasteiger charge is 2.10. The lowest BCUT2D eigenvalue weighted by atomic mass is 10.2. The van der Waals surface area contributed by atoms with E-state index in [9.17, 15) is 4.79 Å². The van der Waals surface area contributed by atoms with Gasteiger partial charge in [-0.05, 0) is 48.6 Å². The van der Waals surface area contributed by atoms with Crippen LogP contribution in [0.3, 0.4) is 0 Å². The van der Waals surface area contributed by atoms with Gasteiger partial charge in [-0.15, -0.1) is 0 Å². The van der Waals surface area contributed by atoms with E-state index in [2.05, 4.69) is 16.0 Å². The number of carbonyl (C=O) groups excluding carboxylic acids is 1. The van der Waals surface area contributed by atoms with Crippen molar-refractivity contribution in [1.29, 1.82) is 5.26 Å². The maximum atomic E-state index is 11.0. The number of halogens is 2. The molecule has 0 saturated carbocycles. The number of thiocarbonyl (C=S) groups is 1. The molecule has 0 unspecified atom stereocenters. The zero-order chi connectivity index (χ0) is 19.1. The molecular formula is C17H14Cl2N4O2S. The third-order valence-electron chi connectivity index (χ3n) is 3.00. The Morgan fingerprint density at radius 3 is 2.08 bits per heavy atom. The van der Waals surface area contributed by atoms with Crippen molar-refractivity contribution in [2.75, 3.05) is 22.6 Å². The zero-order valence-electron chi connectivity index (χ0n) is 13.6. The van der Waals surface area contributed by atoms with Crippen LogP contribution in [0, 0.1) is 11.3 Å². The van der Waals surface area contributed by atoms with Gasteiger partial charge < -0.3 is 20.7 Å². The number of nitrogens with one attached hydrogen (secondary N) is 3. The van der Waals surface area contributed by atoms with E-state index in [4.69, 9.17) is 45.4 Å². The second kappa shape index (κ2) is 9.25. The van der Waals surface area contributed by atoms with Gasteiger partial charge in [0.05, 0.1) is 10.0 Å². The molecule has 0 heterocycles. The fraction of sp³-hybridized carbons (Fsp3) is 0.118. The third-order valence-corrected chi connectivity index (χ3v) is 3.77. The standard InChI is InChI=1S/C17H14Cl2N4O2S/c1-10(24)21-11-2-4-12(5-3-11)22-17(26)23-13-8-14(18)16(15(19)9-13)25-7-6-20/h2-5,8-9H,7H2,1H3,(H,21,24)(H2,22,23,26). The summed E-state index contributed by atoms with van der Waals surface area (Å²) in [5.41, 5.74) is 1.99. The molecule has 1 amide bonds. The van der Waals surface area contributed by atoms with Crippen molar-refractivity contribution in [3.8, 4) is 11.8 Å². The number of rotatable bonds is 5. The number of amides is 1. The van der Waals surface area contributed by atoms with E-state index >= 15 is 0 Å². The lowest BCUT2D eigenvalue weighted by Gasteiger charge is -2.13. The number of carbonyl (C=O) groups is 1. The molecule has 6 nitrogen and oxygen atoms in total. The Hall–Kier alpha value is -2.53. The number of hydrogen-bond acceptors (Lipinski definition) is 4. The van der Waals surface area contributed by atoms with Crippen molar-refractivity contribution >= 4 is 63.5 Å². The second-order valence-corrected chi connectivity index (χ2v) is 6.28. The normalized spacial score (nSPS) is 9.77. The van der Waals surface area contributed by atoms with Crippen LogP contribution < -0.4 is 20.7 Å². The summed E-state index contributed by atoms with van der Waals surface area (Å²) in [6.45, 7) is 1.29. The van der Waals surface area contributed by atoms with E-state index in [1.54, 1.807) is 36.4 Å². The molecule has 9 heteroatoms. The van der Waals surface area contributed by atoms with Crippen LogP contribution in [0.1, 0.15) is 6.92 Å². The predicted octanol–water partition coefficient (Wildman–Crippen LogP) is 4.66. The van der Waals surface area contributed by atoms with Crippen LogP contribution in [-0.4, -0.2) is 17.6 Å². The van der Waals surface area contributed by atoms with Gasteiger partial charge >= 0.3 is 0 Å². The molecule has 0 bridgehead atoms. The predicted molar refractivity (Wildman–Crippen MR) is 108 cm³/mol. The van der Waals surface area contributed by atoms with E-state index in [1.165, 1.54) is 6.92 Å². The molecule has 2 aromatic rings. The first-order valence-electron chi connectivity index (χ1n) is 7.33. The van der Waals surface area contributed by atoms with Gasteiger partial charge in [-0.1, -0.05) is 23.2 Å². The molecule has 0 aliphatic heterocycles. The van der Waals surface area contributed by atoms with Crippen LogP contribution in [0.4, 0.5) is 17.1 Å². The summed E-state index contributed by atoms with van der Waals surface area (Å²) < 4.78 is 5.18. The highest BCUT2D eigenvalue weighted by Crippen LogP contribution is 2.36. The maximum Gasteiger partial charge on any atom is 0.221 e. The van der Waals surface area contributed by atoms with Crippen LogP contribution in [0.2, 0.25) is 10.0 Å². The molecule has 2 aromatic carbocycles. The van der Waals surface area contributed by atoms with Crippen LogP contribution in [-0.2, 0) is 4.79 Å². The molecule has 0 atom stereocenters. The van der Waals surface area contributed by atoms with E-state index in [1.807, 2.05) is 6.07 Å². The van der Waals surface area contributed by atoms with Crippen LogP contribution in [0.15, 0.2) is 36.4 Å². The van der Waals surface area contributed by atoms with Gasteiger partial charge in [-0.3, -0.25) is 4.79 Å². The number of nitrogens with zero attached hydrogens (tertiary/aromatic N) is 1. The minimum absolute atomic E-state index is 0.140. The van der Waals surface area contributed by atoms with Crippen LogP contribution >= 0.6 is 35.4 Å². The highest BCUT2D eigenvalue weighted by atomic mass is 35.5. The van der Waals surface area contributed by atoms with Gasteiger partial charge in [0.25, 0.3) is 0 Å². The lowest BCUT2D eigenvalue weighted by Crippen LogP contribution is -2.19. The monoisotopic (exact) mass is 408 g/mol. The molecule has 3 N–H and O–H groups in total. The van der Waals surface area contributed by atoms with E-state index < -0.39 is 0 Å². The van der Waals surface area contributed by atoms with Gasteiger partial charge in [0.2, 0.25) is 5.91 Å². The Morgan fingerprint density at radius 1 is 1.08 bits per heavy atom. The van der Waals surface area contributed by atoms with Gasteiger partial charge in [0.15, 0.2) is 17.5 Å². The van der Waals surface area contributed by atoms with Gasteiger partial charge in [0, 0.05) is 24.0 Å². The van der Waals surface area contributed by atoms with Gasteiger partial charge in [-0.25, -0.2) is 0 Å². The van der Waals surface area contributed by atoms with E-state index in [-0.39, 0.29) is 28.3 Å². The Morgan fingerprint density at radius 2 is 1.58 bits per heavy atom. The van der Waals surface area contributed by atoms with Crippen LogP contribution in [0.25, 0.3) is 0 Å². The molecule has 0 spiro atoms. The number of anilines is 3. The first-order chi connectivity index (χ1) is 12.4. The molecule has 0 radical (unpaired) electrons. The summed E-state index contributed by atoms with van der Waals surface area (Å²) >= 11 is 17.5. The topological polar surface area (TPSA) is 86.2 Å². The van der Waals surface area contributed by atoms with Crippen molar-refractivity contribution in [3.05, 3.63) is 46.4 Å². The fourth-order valence-electron chi connectivity index (χ4n) is 2.01. The quantitative estimate of drug-likeness (QED) is 0.623. The largest absolute Gasteiger partial charge is 0.476 e.